The normalized spacial score (nSPS) is 12.9. The highest BCUT2D eigenvalue weighted by molar-refractivity contribution is 9.10. The molecule has 2 saturated heterocycles. The molecule has 3 aliphatic rings. The number of morpholine rings is 1. The maximum Gasteiger partial charge on any atom is 0.261 e. The first-order valence-electron chi connectivity index (χ1n) is 47.4. The first-order valence-corrected chi connectivity index (χ1v) is 48.6. The van der Waals surface area contributed by atoms with Gasteiger partial charge in [-0.05, 0) is 229 Å². The molecule has 0 unspecified atom stereocenters. The minimum Gasteiger partial charge on any atom is -0.388 e. The van der Waals surface area contributed by atoms with Crippen LogP contribution in [-0.2, 0) is 67.5 Å². The van der Waals surface area contributed by atoms with Gasteiger partial charge >= 0.3 is 0 Å². The summed E-state index contributed by atoms with van der Waals surface area (Å²) >= 11 is 9.39. The average Bonchev–Trinajstić information content (AvgIpc) is 1.81. The lowest BCUT2D eigenvalue weighted by atomic mass is 10.1. The van der Waals surface area contributed by atoms with E-state index in [-0.39, 0.29) is 51.9 Å². The van der Waals surface area contributed by atoms with Crippen molar-refractivity contribution < 1.29 is 4.74 Å². The summed E-state index contributed by atoms with van der Waals surface area (Å²) in [5.74, 6) is 1.65. The number of aromatic nitrogens is 16. The fourth-order valence-corrected chi connectivity index (χ4v) is 16.3. The van der Waals surface area contributed by atoms with E-state index >= 15 is 0 Å². The van der Waals surface area contributed by atoms with E-state index in [2.05, 4.69) is 125 Å². The van der Waals surface area contributed by atoms with Crippen LogP contribution in [0.15, 0.2) is 221 Å². The molecule has 3 fully saturated rings. The van der Waals surface area contributed by atoms with Crippen molar-refractivity contribution in [2.45, 2.75) is 59.3 Å². The fourth-order valence-electron chi connectivity index (χ4n) is 15.5. The zero-order valence-electron chi connectivity index (χ0n) is 83.8. The second-order valence-electron chi connectivity index (χ2n) is 35.6. The number of likely N-dealkylation sites (tertiary alicyclic amines) is 1. The van der Waals surface area contributed by atoms with E-state index in [1.807, 2.05) is 158 Å². The molecule has 1 saturated carbocycles. The molecule has 37 nitrogen and oxygen atoms in total. The van der Waals surface area contributed by atoms with E-state index in [0.29, 0.717) is 59.1 Å². The smallest absolute Gasteiger partial charge is 0.261 e. The molecule has 8 N–H and O–H groups in total. The summed E-state index contributed by atoms with van der Waals surface area (Å²) in [7, 11) is 27.2. The first-order chi connectivity index (χ1) is 68.3. The van der Waals surface area contributed by atoms with Gasteiger partial charge in [-0.3, -0.25) is 47.8 Å². The largest absolute Gasteiger partial charge is 0.388 e. The molecule has 143 heavy (non-hydrogen) atoms. The lowest BCUT2D eigenvalue weighted by Crippen LogP contribution is -2.39. The van der Waals surface area contributed by atoms with Gasteiger partial charge in [-0.1, -0.05) is 32.4 Å². The van der Waals surface area contributed by atoms with Crippen molar-refractivity contribution in [1.82, 2.24) is 96.0 Å². The highest BCUT2D eigenvalue weighted by Crippen LogP contribution is 2.31. The number of rotatable bonds is 24. The Morgan fingerprint density at radius 3 is 1.07 bits per heavy atom. The van der Waals surface area contributed by atoms with E-state index in [9.17, 15) is 38.4 Å². The summed E-state index contributed by atoms with van der Waals surface area (Å²) < 4.78 is 18.2. The van der Waals surface area contributed by atoms with Gasteiger partial charge in [0.1, 0.15) is 5.82 Å². The summed E-state index contributed by atoms with van der Waals surface area (Å²) in [5.41, 5.74) is 13.4. The molecular weight excluding hydrogens is 1900 g/mol. The molecule has 8 aromatic heterocycles. The molecule has 39 heteroatoms. The summed E-state index contributed by atoms with van der Waals surface area (Å²) in [5, 5.41) is 31.5. The van der Waals surface area contributed by atoms with Crippen LogP contribution in [0.2, 0.25) is 5.02 Å². The Morgan fingerprint density at radius 1 is 0.371 bits per heavy atom. The Hall–Kier alpha value is -14.2. The SMILES string of the molecule is C.CCCNc1ccc2c(=O)n(C)cnc2c1.CN(C)CCNc1ccc2c(=O)n(C)cnc2c1.CNc1cc2ncn(C)c(=O)c2cc1Br.CNc1cc2ncn(C)c(=O)c2cc1Cl.CNc1ccc2c(=O)n(C)c(CCN(C)C)nc2c1.Cn1cnc2cc(NCC3CC3)ccc2c1=O.Cn1cnc2cc(NCCN3CCCCC3)ccc2c1=O.Cn1cnc2cc(NCCN3CCOCC3)ccc2c1=O. The number of anilines is 8. The molecule has 0 atom stereocenters. The highest BCUT2D eigenvalue weighted by Gasteiger charge is 2.22. The van der Waals surface area contributed by atoms with E-state index < -0.39 is 0 Å². The van der Waals surface area contributed by atoms with Gasteiger partial charge in [0.05, 0.1) is 161 Å². The molecule has 16 aromatic rings. The number of likely N-dealkylation sites (N-methyl/N-ethyl adjacent to an activating group) is 2. The Labute approximate surface area is 843 Å². The Balaban J connectivity index is 0.000000156. The highest BCUT2D eigenvalue weighted by atomic mass is 79.9. The molecule has 8 aromatic carbocycles. The monoisotopic (exact) mass is 2030 g/mol. The van der Waals surface area contributed by atoms with Gasteiger partial charge in [-0.25, -0.2) is 39.9 Å². The first kappa shape index (κ1) is 109. The molecule has 0 radical (unpaired) electrons. The van der Waals surface area contributed by atoms with Crippen molar-refractivity contribution in [2.75, 3.05) is 190 Å². The standard InChI is InChI=1S/C16H22N4O.C15H20N4O2.C14H20N4O.C13H18N4O.C13H15N3O.C12H15N3O.C10H10BrN3O.C10H10ClN3O.CH4/c1-19-12-18-15-11-13(5-6-14(15)16(19)21)17-7-10-20-8-3-2-4-9-20;1-18-11-17-14-10-12(2-3-13(14)15(18)20)16-4-5-19-6-8-21-9-7-19;1-15-10-5-6-11-12(9-10)16-13(7-8-17(2)3)18(4)14(11)19;1-16(2)7-6-14-10-4-5-11-12(8-10)15-9-17(3)13(11)18;1-16-8-15-12-6-10(14-7-9-2-3-9)4-5-11(12)13(16)17;1-3-6-13-9-4-5-10-11(7-9)14-8-15(2)12(10)16;2*1-12-9-4-8-6(3-7(9)11)10(15)14(2)5-13-8;/h5-6,11-12,17H,2-4,7-10H2,1H3;2-3,10-11,16H,4-9H2,1H3;5-6,9,15H,7-8H2,1-4H3;4-5,8-9,14H,6-7H2,1-3H3;4-6,8-9,14H,2-3,7H2,1H3;4-5,7-8,13H,3,6H2,1-2H3;2*3-5,12H,1-2H3;1H4. The van der Waals surface area contributed by atoms with Crippen molar-refractivity contribution in [2.24, 2.45) is 62.3 Å². The predicted octanol–water partition coefficient (Wildman–Crippen LogP) is 12.0. The second kappa shape index (κ2) is 52.6. The molecular formula is C104H134BrClN28O9. The number of piperidine rings is 1. The molecule has 1 aliphatic carbocycles. The zero-order chi connectivity index (χ0) is 102. The molecule has 0 amide bonds. The van der Waals surface area contributed by atoms with Crippen LogP contribution in [0.1, 0.15) is 58.7 Å². The van der Waals surface area contributed by atoms with Crippen molar-refractivity contribution >= 4 is 160 Å². The van der Waals surface area contributed by atoms with Gasteiger partial charge in [0, 0.05) is 195 Å². The van der Waals surface area contributed by atoms with E-state index in [0.717, 1.165) is 193 Å². The molecule has 0 spiro atoms. The van der Waals surface area contributed by atoms with Gasteiger partial charge in [-0.15, -0.1) is 0 Å². The van der Waals surface area contributed by atoms with Gasteiger partial charge in [0.15, 0.2) is 0 Å². The van der Waals surface area contributed by atoms with Gasteiger partial charge in [0.25, 0.3) is 44.5 Å². The van der Waals surface area contributed by atoms with Crippen LogP contribution in [0, 0.1) is 5.92 Å². The third-order valence-electron chi connectivity index (χ3n) is 24.2. The van der Waals surface area contributed by atoms with Crippen LogP contribution in [-0.4, -0.2) is 244 Å². The summed E-state index contributed by atoms with van der Waals surface area (Å²) in [6.45, 7) is 16.7. The Kier molecular flexibility index (Phi) is 40.1. The van der Waals surface area contributed by atoms with Gasteiger partial charge < -0.3 is 93.9 Å². The van der Waals surface area contributed by atoms with E-state index in [1.54, 1.807) is 118 Å². The van der Waals surface area contributed by atoms with Crippen LogP contribution in [0.5, 0.6) is 0 Å². The van der Waals surface area contributed by atoms with Crippen LogP contribution < -0.4 is 87.0 Å². The number of hydrogen-bond acceptors (Lipinski definition) is 29. The minimum atomic E-state index is -0.0930. The molecule has 0 bridgehead atoms. The van der Waals surface area contributed by atoms with Crippen molar-refractivity contribution in [3.05, 3.63) is 276 Å². The predicted molar refractivity (Wildman–Crippen MR) is 588 cm³/mol. The fraction of sp³-hybridized carbons (Fsp3) is 0.385. The van der Waals surface area contributed by atoms with Crippen LogP contribution >= 0.6 is 27.5 Å². The van der Waals surface area contributed by atoms with Crippen molar-refractivity contribution in [3.63, 3.8) is 0 Å². The van der Waals surface area contributed by atoms with E-state index in [4.69, 9.17) is 16.3 Å². The van der Waals surface area contributed by atoms with Crippen LogP contribution in [0.4, 0.5) is 45.5 Å². The number of nitrogens with one attached hydrogen (secondary N) is 8. The quantitative estimate of drug-likeness (QED) is 0.0278. The van der Waals surface area contributed by atoms with Crippen LogP contribution in [0.3, 0.4) is 0 Å². The molecule has 2 aliphatic heterocycles. The van der Waals surface area contributed by atoms with E-state index in [1.165, 1.54) is 89.8 Å². The third-order valence-corrected chi connectivity index (χ3v) is 25.2. The topological polar surface area (TPSA) is 398 Å². The zero-order valence-corrected chi connectivity index (χ0v) is 86.1. The second-order valence-corrected chi connectivity index (χ2v) is 36.9. The molecule has 758 valence electrons. The summed E-state index contributed by atoms with van der Waals surface area (Å²) in [6, 6.07) is 41.2. The van der Waals surface area contributed by atoms with Gasteiger partial charge in [-0.2, -0.15) is 0 Å². The van der Waals surface area contributed by atoms with Crippen molar-refractivity contribution in [1.29, 1.82) is 0 Å². The summed E-state index contributed by atoms with van der Waals surface area (Å²) in [4.78, 5) is 138. The molecule has 10 heterocycles. The number of fused-ring (bicyclic) bond motifs is 8. The maximum atomic E-state index is 12.3. The van der Waals surface area contributed by atoms with Crippen LogP contribution in [0.25, 0.3) is 87.2 Å². The maximum absolute atomic E-state index is 12.3. The van der Waals surface area contributed by atoms with Crippen molar-refractivity contribution in [3.8, 4) is 0 Å². The number of benzene rings is 8. The Morgan fingerprint density at radius 2 is 0.699 bits per heavy atom. The number of hydrogen-bond donors (Lipinski definition) is 8. The molecule has 19 rings (SSSR count). The van der Waals surface area contributed by atoms with Gasteiger partial charge in [0.2, 0.25) is 0 Å². The minimum absolute atomic E-state index is 0. The number of nitrogens with zero attached hydrogens (tertiary/aromatic N) is 20. The average molecular weight is 2040 g/mol. The third kappa shape index (κ3) is 30.0. The number of halogens is 2. The Bertz CT molecular complexity index is 7370. The lowest BCUT2D eigenvalue weighted by molar-refractivity contribution is 0.0398. The number of ether oxygens (including phenoxy) is 1. The lowest BCUT2D eigenvalue weighted by Gasteiger charge is -2.26. The summed E-state index contributed by atoms with van der Waals surface area (Å²) in [6.07, 6.45) is 19.3. The number of aryl methyl sites for hydroxylation is 7.